The Morgan fingerprint density at radius 3 is 2.59 bits per heavy atom. The summed E-state index contributed by atoms with van der Waals surface area (Å²) in [6, 6.07) is 13.7. The van der Waals surface area contributed by atoms with Gasteiger partial charge in [-0.3, -0.25) is 4.79 Å². The summed E-state index contributed by atoms with van der Waals surface area (Å²) in [7, 11) is 0. The number of rotatable bonds is 1. The van der Waals surface area contributed by atoms with Crippen molar-refractivity contribution in [3.8, 4) is 18.2 Å². The maximum atomic E-state index is 11.9. The number of halogens is 1. The molecule has 0 radical (unpaired) electrons. The predicted molar refractivity (Wildman–Crippen MR) is 101 cm³/mol. The first-order valence-corrected chi connectivity index (χ1v) is 9.13. The van der Waals surface area contributed by atoms with Crippen LogP contribution in [0.2, 0.25) is 0 Å². The summed E-state index contributed by atoms with van der Waals surface area (Å²) in [6.45, 7) is 2.11. The Morgan fingerprint density at radius 2 is 2.04 bits per heavy atom. The van der Waals surface area contributed by atoms with E-state index >= 15 is 0 Å². The van der Waals surface area contributed by atoms with Gasteiger partial charge in [0, 0.05) is 36.3 Å². The Morgan fingerprint density at radius 1 is 1.33 bits per heavy atom. The van der Waals surface area contributed by atoms with Crippen molar-refractivity contribution in [2.24, 2.45) is 17.1 Å². The van der Waals surface area contributed by atoms with Gasteiger partial charge in [0.05, 0.1) is 29.5 Å². The molecule has 0 spiro atoms. The second kappa shape index (κ2) is 6.91. The molecule has 2 N–H and O–H groups in total. The fraction of sp³-hybridized carbons (Fsp3) is 0.300. The molecule has 0 bridgehead atoms. The van der Waals surface area contributed by atoms with Gasteiger partial charge in [0.15, 0.2) is 0 Å². The summed E-state index contributed by atoms with van der Waals surface area (Å²) in [6.07, 6.45) is 1.74. The van der Waals surface area contributed by atoms with Crippen molar-refractivity contribution in [1.29, 1.82) is 15.8 Å². The van der Waals surface area contributed by atoms with Gasteiger partial charge < -0.3 is 10.6 Å². The molecule has 1 aromatic carbocycles. The zero-order valence-corrected chi connectivity index (χ0v) is 16.2. The molecule has 2 atom stereocenters. The molecule has 1 aliphatic carbocycles. The smallest absolute Gasteiger partial charge is 0.219 e. The summed E-state index contributed by atoms with van der Waals surface area (Å²) in [4.78, 5) is 13.6. The number of nitrogens with zero attached hydrogens (tertiary/aromatic N) is 4. The van der Waals surface area contributed by atoms with E-state index in [0.717, 1.165) is 10.0 Å². The van der Waals surface area contributed by atoms with Crippen LogP contribution in [0.1, 0.15) is 18.4 Å². The largest absolute Gasteiger partial charge is 0.399 e. The van der Waals surface area contributed by atoms with Gasteiger partial charge in [-0.2, -0.15) is 15.8 Å². The van der Waals surface area contributed by atoms with Crippen LogP contribution in [0.25, 0.3) is 0 Å². The Labute approximate surface area is 165 Å². The van der Waals surface area contributed by atoms with Crippen molar-refractivity contribution in [3.05, 3.63) is 57.2 Å². The summed E-state index contributed by atoms with van der Waals surface area (Å²) >= 11 is 3.44. The molecule has 0 unspecified atom stereocenters. The molecule has 1 aromatic rings. The van der Waals surface area contributed by atoms with Crippen LogP contribution in [0.3, 0.4) is 0 Å². The number of nitrogens with two attached hydrogens (primary N) is 1. The third-order valence-electron chi connectivity index (χ3n) is 5.30. The van der Waals surface area contributed by atoms with Crippen molar-refractivity contribution >= 4 is 21.8 Å². The average Bonchev–Trinajstić information content (AvgIpc) is 2.67. The minimum absolute atomic E-state index is 0.0150. The Bertz CT molecular complexity index is 990. The van der Waals surface area contributed by atoms with E-state index < -0.39 is 11.3 Å². The molecule has 0 fully saturated rings. The first-order valence-electron chi connectivity index (χ1n) is 8.33. The minimum Gasteiger partial charge on any atom is -0.399 e. The highest BCUT2D eigenvalue weighted by atomic mass is 79.9. The number of fused-ring (bicyclic) bond motifs is 1. The number of nitriles is 3. The van der Waals surface area contributed by atoms with Crippen molar-refractivity contribution in [2.45, 2.75) is 12.8 Å². The highest BCUT2D eigenvalue weighted by molar-refractivity contribution is 9.10. The molecule has 7 heteroatoms. The Kier molecular flexibility index (Phi) is 4.79. The predicted octanol–water partition coefficient (Wildman–Crippen LogP) is 2.72. The zero-order chi connectivity index (χ0) is 19.8. The van der Waals surface area contributed by atoms with E-state index in [1.807, 2.05) is 36.4 Å². The van der Waals surface area contributed by atoms with Gasteiger partial charge in [0.25, 0.3) is 0 Å². The van der Waals surface area contributed by atoms with Crippen LogP contribution in [-0.4, -0.2) is 23.9 Å². The molecular formula is C20H16BrN5O. The molecule has 0 saturated carbocycles. The van der Waals surface area contributed by atoms with E-state index in [9.17, 15) is 20.6 Å². The average molecular weight is 422 g/mol. The van der Waals surface area contributed by atoms with E-state index in [1.165, 1.54) is 6.92 Å². The van der Waals surface area contributed by atoms with Gasteiger partial charge in [-0.15, -0.1) is 0 Å². The Balaban J connectivity index is 2.31. The first-order chi connectivity index (χ1) is 12.9. The second-order valence-corrected chi connectivity index (χ2v) is 7.55. The maximum absolute atomic E-state index is 11.9. The molecule has 1 heterocycles. The monoisotopic (exact) mass is 421 g/mol. The number of carbonyl (C=O) groups excluding carboxylic acids is 1. The fourth-order valence-corrected chi connectivity index (χ4v) is 4.39. The molecule has 1 aliphatic heterocycles. The third kappa shape index (κ3) is 2.79. The zero-order valence-electron chi connectivity index (χ0n) is 14.6. The number of allylic oxidation sites excluding steroid dienone is 2. The van der Waals surface area contributed by atoms with Crippen LogP contribution in [0.15, 0.2) is 51.7 Å². The molecule has 27 heavy (non-hydrogen) atoms. The first kappa shape index (κ1) is 18.7. The quantitative estimate of drug-likeness (QED) is 0.699. The Hall–Kier alpha value is -3.08. The second-order valence-electron chi connectivity index (χ2n) is 6.64. The van der Waals surface area contributed by atoms with Crippen molar-refractivity contribution < 1.29 is 4.79 Å². The lowest BCUT2D eigenvalue weighted by Crippen LogP contribution is -2.48. The molecule has 1 amide bonds. The molecule has 2 aliphatic rings. The summed E-state index contributed by atoms with van der Waals surface area (Å²) in [5.41, 5.74) is 6.17. The lowest BCUT2D eigenvalue weighted by molar-refractivity contribution is -0.129. The van der Waals surface area contributed by atoms with Gasteiger partial charge in [-0.1, -0.05) is 34.1 Å². The lowest BCUT2D eigenvalue weighted by atomic mass is 9.60. The molecule has 0 aromatic heterocycles. The van der Waals surface area contributed by atoms with E-state index in [0.29, 0.717) is 18.7 Å². The number of benzene rings is 1. The van der Waals surface area contributed by atoms with Crippen LogP contribution < -0.4 is 5.73 Å². The fourth-order valence-electron chi connectivity index (χ4n) is 3.97. The van der Waals surface area contributed by atoms with Gasteiger partial charge in [-0.05, 0) is 23.3 Å². The summed E-state index contributed by atoms with van der Waals surface area (Å²) in [5.74, 6) is -0.909. The summed E-state index contributed by atoms with van der Waals surface area (Å²) in [5, 5.41) is 29.5. The lowest BCUT2D eigenvalue weighted by Gasteiger charge is -2.44. The van der Waals surface area contributed by atoms with Crippen LogP contribution in [0, 0.1) is 45.3 Å². The number of carbonyl (C=O) groups is 1. The summed E-state index contributed by atoms with van der Waals surface area (Å²) < 4.78 is 0.845. The van der Waals surface area contributed by atoms with Gasteiger partial charge in [-0.25, -0.2) is 0 Å². The van der Waals surface area contributed by atoms with Crippen molar-refractivity contribution in [2.75, 3.05) is 13.1 Å². The maximum Gasteiger partial charge on any atom is 0.219 e. The van der Waals surface area contributed by atoms with Gasteiger partial charge in [0.1, 0.15) is 0 Å². The number of hydrogen-bond acceptors (Lipinski definition) is 5. The van der Waals surface area contributed by atoms with E-state index in [4.69, 9.17) is 5.73 Å². The standard InChI is InChI=1S/C20H16BrN5O/c1-12(27)26-6-5-17-16(9-26)18(13-3-2-4-14(21)7-13)15(8-22)19(25)20(17,10-23)11-24/h2-5,7,16,18H,6,9,25H2,1H3/t16-,18-/m0/s1. The van der Waals surface area contributed by atoms with Gasteiger partial charge >= 0.3 is 0 Å². The minimum atomic E-state index is -1.68. The van der Waals surface area contributed by atoms with E-state index in [2.05, 4.69) is 22.0 Å². The number of hydrogen-bond donors (Lipinski definition) is 1. The molecule has 6 nitrogen and oxygen atoms in total. The van der Waals surface area contributed by atoms with Crippen molar-refractivity contribution in [1.82, 2.24) is 4.90 Å². The van der Waals surface area contributed by atoms with Crippen molar-refractivity contribution in [3.63, 3.8) is 0 Å². The topological polar surface area (TPSA) is 118 Å². The highest BCUT2D eigenvalue weighted by Gasteiger charge is 2.52. The molecule has 3 rings (SSSR count). The molecule has 134 valence electrons. The normalized spacial score (nSPS) is 23.4. The van der Waals surface area contributed by atoms with Crippen LogP contribution >= 0.6 is 15.9 Å². The third-order valence-corrected chi connectivity index (χ3v) is 5.79. The number of amides is 1. The van der Waals surface area contributed by atoms with E-state index in [-0.39, 0.29) is 23.1 Å². The molecule has 0 saturated heterocycles. The van der Waals surface area contributed by atoms with Crippen LogP contribution in [-0.2, 0) is 4.79 Å². The van der Waals surface area contributed by atoms with E-state index in [1.54, 1.807) is 11.0 Å². The van der Waals surface area contributed by atoms with Crippen LogP contribution in [0.4, 0.5) is 0 Å². The SMILES string of the molecule is CC(=O)N1CC=C2[C@H](C1)[C@@H](c1cccc(Br)c1)C(C#N)=C(N)C2(C#N)C#N. The van der Waals surface area contributed by atoms with Gasteiger partial charge in [0.2, 0.25) is 11.3 Å². The molecular weight excluding hydrogens is 406 g/mol. The van der Waals surface area contributed by atoms with Crippen LogP contribution in [0.5, 0.6) is 0 Å². The highest BCUT2D eigenvalue weighted by Crippen LogP contribution is 2.52.